The van der Waals surface area contributed by atoms with Gasteiger partial charge in [-0.05, 0) is 18.2 Å². The van der Waals surface area contributed by atoms with Crippen LogP contribution in [-0.2, 0) is 6.18 Å². The van der Waals surface area contributed by atoms with Crippen molar-refractivity contribution >= 4 is 16.6 Å². The van der Waals surface area contributed by atoms with Crippen LogP contribution in [0.3, 0.4) is 0 Å². The third-order valence-corrected chi connectivity index (χ3v) is 4.07. The standard InChI is InChI=1S/C17H12F3N3O/c18-17(19,20)10-6-4-9(5-7-10)15-12-8-21-13-3-1-2-11(14(12)13)16(24)23-22-15/h1-8,16,21,23-24H. The van der Waals surface area contributed by atoms with E-state index < -0.39 is 18.0 Å². The Morgan fingerprint density at radius 2 is 1.79 bits per heavy atom. The van der Waals surface area contributed by atoms with Gasteiger partial charge in [0.2, 0.25) is 0 Å². The second-order valence-electron chi connectivity index (χ2n) is 5.54. The van der Waals surface area contributed by atoms with Gasteiger partial charge in [-0.25, -0.2) is 0 Å². The van der Waals surface area contributed by atoms with Crippen LogP contribution in [0.25, 0.3) is 10.9 Å². The van der Waals surface area contributed by atoms with Crippen LogP contribution in [0, 0.1) is 0 Å². The lowest BCUT2D eigenvalue weighted by molar-refractivity contribution is -0.137. The monoisotopic (exact) mass is 331 g/mol. The fourth-order valence-electron chi connectivity index (χ4n) is 2.92. The van der Waals surface area contributed by atoms with E-state index in [2.05, 4.69) is 15.5 Å². The topological polar surface area (TPSA) is 60.4 Å². The van der Waals surface area contributed by atoms with Gasteiger partial charge < -0.3 is 10.1 Å². The summed E-state index contributed by atoms with van der Waals surface area (Å²) in [4.78, 5) is 3.10. The molecule has 0 fully saturated rings. The van der Waals surface area contributed by atoms with Crippen LogP contribution in [0.2, 0.25) is 0 Å². The molecule has 1 aliphatic heterocycles. The highest BCUT2D eigenvalue weighted by molar-refractivity contribution is 6.20. The van der Waals surface area contributed by atoms with E-state index in [9.17, 15) is 18.3 Å². The van der Waals surface area contributed by atoms with Crippen molar-refractivity contribution < 1.29 is 18.3 Å². The summed E-state index contributed by atoms with van der Waals surface area (Å²) in [5.41, 5.74) is 5.13. The molecule has 3 N–H and O–H groups in total. The maximum Gasteiger partial charge on any atom is 0.416 e. The van der Waals surface area contributed by atoms with Gasteiger partial charge in [-0.2, -0.15) is 18.3 Å². The number of nitrogens with zero attached hydrogens (tertiary/aromatic N) is 1. The largest absolute Gasteiger partial charge is 0.416 e. The number of halogens is 3. The van der Waals surface area contributed by atoms with Crippen molar-refractivity contribution in [1.82, 2.24) is 10.4 Å². The lowest BCUT2D eigenvalue weighted by Crippen LogP contribution is -2.15. The van der Waals surface area contributed by atoms with E-state index >= 15 is 0 Å². The number of aromatic amines is 1. The molecule has 122 valence electrons. The Labute approximate surface area is 134 Å². The molecule has 3 aromatic rings. The number of alkyl halides is 3. The first-order chi connectivity index (χ1) is 11.4. The molecule has 1 unspecified atom stereocenters. The van der Waals surface area contributed by atoms with Gasteiger partial charge in [0.15, 0.2) is 6.23 Å². The number of hydrogen-bond donors (Lipinski definition) is 3. The Morgan fingerprint density at radius 3 is 2.50 bits per heavy atom. The Kier molecular flexibility index (Phi) is 3.14. The zero-order valence-corrected chi connectivity index (χ0v) is 12.2. The first kappa shape index (κ1) is 14.8. The molecule has 1 aromatic heterocycles. The molecule has 0 amide bonds. The smallest absolute Gasteiger partial charge is 0.368 e. The van der Waals surface area contributed by atoms with Crippen molar-refractivity contribution in [3.8, 4) is 0 Å². The average molecular weight is 331 g/mol. The number of aromatic nitrogens is 1. The number of hydrazone groups is 1. The zero-order chi connectivity index (χ0) is 16.9. The van der Waals surface area contributed by atoms with E-state index in [-0.39, 0.29) is 0 Å². The maximum atomic E-state index is 12.7. The molecule has 2 heterocycles. The predicted octanol–water partition coefficient (Wildman–Crippen LogP) is 3.53. The number of H-pyrrole nitrogens is 1. The third-order valence-electron chi connectivity index (χ3n) is 4.07. The summed E-state index contributed by atoms with van der Waals surface area (Å²) in [6, 6.07) is 10.3. The van der Waals surface area contributed by atoms with Crippen molar-refractivity contribution in [1.29, 1.82) is 0 Å². The van der Waals surface area contributed by atoms with Crippen molar-refractivity contribution in [2.45, 2.75) is 12.4 Å². The second kappa shape index (κ2) is 5.10. The molecular weight excluding hydrogens is 319 g/mol. The van der Waals surface area contributed by atoms with Crippen molar-refractivity contribution in [3.05, 3.63) is 70.9 Å². The number of hydrogen-bond acceptors (Lipinski definition) is 3. The molecule has 0 saturated carbocycles. The van der Waals surface area contributed by atoms with E-state index in [4.69, 9.17) is 0 Å². The minimum absolute atomic E-state index is 0.471. The van der Waals surface area contributed by atoms with Crippen LogP contribution in [0.5, 0.6) is 0 Å². The van der Waals surface area contributed by atoms with Crippen LogP contribution in [0.1, 0.15) is 28.5 Å². The maximum absolute atomic E-state index is 12.7. The number of aliphatic hydroxyl groups is 1. The minimum Gasteiger partial charge on any atom is -0.368 e. The quantitative estimate of drug-likeness (QED) is 0.639. The lowest BCUT2D eigenvalue weighted by atomic mass is 9.98. The van der Waals surface area contributed by atoms with Crippen LogP contribution in [0.15, 0.2) is 53.8 Å². The molecule has 0 aliphatic carbocycles. The van der Waals surface area contributed by atoms with Gasteiger partial charge in [-0.3, -0.25) is 5.43 Å². The summed E-state index contributed by atoms with van der Waals surface area (Å²) in [5.74, 6) is 0. The molecule has 2 aromatic carbocycles. The summed E-state index contributed by atoms with van der Waals surface area (Å²) in [6.45, 7) is 0. The molecule has 0 radical (unpaired) electrons. The molecule has 1 aliphatic rings. The van der Waals surface area contributed by atoms with E-state index in [1.54, 1.807) is 12.3 Å². The fraction of sp³-hybridized carbons (Fsp3) is 0.118. The summed E-state index contributed by atoms with van der Waals surface area (Å²) in [6.07, 6.45) is -3.63. The molecule has 1 atom stereocenters. The Bertz CT molecular complexity index is 942. The Balaban J connectivity index is 1.86. The summed E-state index contributed by atoms with van der Waals surface area (Å²) in [7, 11) is 0. The molecule has 4 rings (SSSR count). The van der Waals surface area contributed by atoms with Crippen LogP contribution >= 0.6 is 0 Å². The SMILES string of the molecule is OC1NN=C(c2ccc(C(F)(F)F)cc2)c2c[nH]c3cccc1c23. The Morgan fingerprint density at radius 1 is 1.04 bits per heavy atom. The van der Waals surface area contributed by atoms with Crippen molar-refractivity contribution in [3.63, 3.8) is 0 Å². The molecule has 0 spiro atoms. The normalized spacial score (nSPS) is 17.3. The molecule has 0 saturated heterocycles. The number of rotatable bonds is 1. The van der Waals surface area contributed by atoms with Gasteiger partial charge in [0.1, 0.15) is 0 Å². The van der Waals surface area contributed by atoms with Gasteiger partial charge >= 0.3 is 6.18 Å². The van der Waals surface area contributed by atoms with Crippen molar-refractivity contribution in [2.75, 3.05) is 0 Å². The zero-order valence-electron chi connectivity index (χ0n) is 12.2. The molecular formula is C17H12F3N3O. The Hall–Kier alpha value is -2.80. The number of aliphatic hydroxyl groups excluding tert-OH is 1. The number of nitrogens with one attached hydrogen (secondary N) is 2. The fourth-order valence-corrected chi connectivity index (χ4v) is 2.92. The minimum atomic E-state index is -4.38. The first-order valence-corrected chi connectivity index (χ1v) is 7.24. The van der Waals surface area contributed by atoms with Gasteiger partial charge in [-0.1, -0.05) is 24.3 Å². The van der Waals surface area contributed by atoms with E-state index in [1.807, 2.05) is 12.1 Å². The molecule has 0 bridgehead atoms. The first-order valence-electron chi connectivity index (χ1n) is 7.24. The summed E-state index contributed by atoms with van der Waals surface area (Å²) >= 11 is 0. The van der Waals surface area contributed by atoms with Gasteiger partial charge in [0.05, 0.1) is 11.3 Å². The predicted molar refractivity (Wildman–Crippen MR) is 83.5 cm³/mol. The van der Waals surface area contributed by atoms with Crippen LogP contribution < -0.4 is 5.43 Å². The van der Waals surface area contributed by atoms with E-state index in [0.29, 0.717) is 16.8 Å². The van der Waals surface area contributed by atoms with Crippen molar-refractivity contribution in [2.24, 2.45) is 5.10 Å². The highest BCUT2D eigenvalue weighted by atomic mass is 19.4. The second-order valence-corrected chi connectivity index (χ2v) is 5.54. The molecule has 24 heavy (non-hydrogen) atoms. The van der Waals surface area contributed by atoms with Gasteiger partial charge in [0, 0.05) is 33.8 Å². The van der Waals surface area contributed by atoms with E-state index in [0.717, 1.165) is 28.6 Å². The molecule has 4 nitrogen and oxygen atoms in total. The third kappa shape index (κ3) is 2.25. The van der Waals surface area contributed by atoms with E-state index in [1.165, 1.54) is 12.1 Å². The van der Waals surface area contributed by atoms with Gasteiger partial charge in [-0.15, -0.1) is 0 Å². The summed E-state index contributed by atoms with van der Waals surface area (Å²) in [5, 5.41) is 15.2. The van der Waals surface area contributed by atoms with Crippen LogP contribution in [-0.4, -0.2) is 15.8 Å². The summed E-state index contributed by atoms with van der Waals surface area (Å²) < 4.78 is 38.2. The highest BCUT2D eigenvalue weighted by Crippen LogP contribution is 2.32. The lowest BCUT2D eigenvalue weighted by Gasteiger charge is -2.09. The average Bonchev–Trinajstić information content (AvgIpc) is 2.92. The van der Waals surface area contributed by atoms with Gasteiger partial charge in [0.25, 0.3) is 0 Å². The van der Waals surface area contributed by atoms with Crippen LogP contribution in [0.4, 0.5) is 13.2 Å². The highest BCUT2D eigenvalue weighted by Gasteiger charge is 2.30. The number of benzene rings is 2. The molecule has 7 heteroatoms.